The van der Waals surface area contributed by atoms with Gasteiger partial charge in [-0.15, -0.1) is 0 Å². The normalized spacial score (nSPS) is 16.2. The zero-order chi connectivity index (χ0) is 10.3. The van der Waals surface area contributed by atoms with Crippen LogP contribution in [0.3, 0.4) is 0 Å². The second-order valence-corrected chi connectivity index (χ2v) is 3.48. The maximum Gasteiger partial charge on any atom is 0.198 e. The fourth-order valence-corrected chi connectivity index (χ4v) is 1.05. The minimum atomic E-state index is -1.12. The van der Waals surface area contributed by atoms with Crippen LogP contribution in [0.2, 0.25) is 0 Å². The summed E-state index contributed by atoms with van der Waals surface area (Å²) in [6.45, 7) is 5.61. The van der Waals surface area contributed by atoms with Gasteiger partial charge >= 0.3 is 0 Å². The first-order chi connectivity index (χ1) is 6.10. The maximum absolute atomic E-state index is 12.7. The lowest BCUT2D eigenvalue weighted by Gasteiger charge is -2.19. The van der Waals surface area contributed by atoms with Crippen LogP contribution in [0.1, 0.15) is 20.3 Å². The van der Waals surface area contributed by atoms with Crippen molar-refractivity contribution in [2.45, 2.75) is 26.6 Å². The van der Waals surface area contributed by atoms with E-state index in [4.69, 9.17) is 10.5 Å². The summed E-state index contributed by atoms with van der Waals surface area (Å²) in [7, 11) is 1.93. The molecule has 0 fully saturated rings. The molecule has 3 nitrogen and oxygen atoms in total. The van der Waals surface area contributed by atoms with Crippen LogP contribution >= 0.6 is 0 Å². The monoisotopic (exact) mass is 192 g/mol. The van der Waals surface area contributed by atoms with E-state index in [2.05, 4.69) is 0 Å². The number of hydrogen-bond acceptors (Lipinski definition) is 3. The molecule has 0 rings (SSSR count). The summed E-state index contributed by atoms with van der Waals surface area (Å²) in [4.78, 5) is 1.98. The van der Waals surface area contributed by atoms with Crippen molar-refractivity contribution in [2.24, 2.45) is 11.7 Å². The van der Waals surface area contributed by atoms with Gasteiger partial charge in [-0.2, -0.15) is 0 Å². The van der Waals surface area contributed by atoms with E-state index >= 15 is 0 Å². The lowest BCUT2D eigenvalue weighted by Crippen LogP contribution is -2.31. The molecule has 0 aliphatic heterocycles. The van der Waals surface area contributed by atoms with Crippen LogP contribution in [0.4, 0.5) is 4.39 Å². The molecule has 0 saturated heterocycles. The van der Waals surface area contributed by atoms with E-state index in [0.29, 0.717) is 25.6 Å². The van der Waals surface area contributed by atoms with Gasteiger partial charge in [0.1, 0.15) is 0 Å². The molecule has 0 aliphatic rings. The van der Waals surface area contributed by atoms with Gasteiger partial charge in [-0.1, -0.05) is 13.8 Å². The Labute approximate surface area is 80.0 Å². The van der Waals surface area contributed by atoms with E-state index in [9.17, 15) is 4.39 Å². The van der Waals surface area contributed by atoms with E-state index < -0.39 is 6.36 Å². The first kappa shape index (κ1) is 12.8. The molecular weight excluding hydrogens is 171 g/mol. The molecule has 0 saturated carbocycles. The van der Waals surface area contributed by atoms with E-state index in [1.807, 2.05) is 18.9 Å². The highest BCUT2D eigenvalue weighted by Gasteiger charge is 2.08. The van der Waals surface area contributed by atoms with Gasteiger partial charge in [-0.05, 0) is 13.0 Å². The SMILES string of the molecule is CCC(F)OCC(C)CN(C)CN. The van der Waals surface area contributed by atoms with E-state index in [1.54, 1.807) is 6.92 Å². The number of hydrogen-bond donors (Lipinski definition) is 1. The Hall–Kier alpha value is -0.190. The van der Waals surface area contributed by atoms with Crippen molar-refractivity contribution in [1.29, 1.82) is 0 Å². The van der Waals surface area contributed by atoms with E-state index in [-0.39, 0.29) is 0 Å². The van der Waals surface area contributed by atoms with Gasteiger partial charge in [-0.3, -0.25) is 4.90 Å². The van der Waals surface area contributed by atoms with Crippen molar-refractivity contribution in [3.8, 4) is 0 Å². The fourth-order valence-electron chi connectivity index (χ4n) is 1.05. The number of ether oxygens (including phenoxy) is 1. The Bertz CT molecular complexity index is 124. The van der Waals surface area contributed by atoms with Crippen LogP contribution < -0.4 is 5.73 Å². The van der Waals surface area contributed by atoms with Crippen LogP contribution in [-0.2, 0) is 4.74 Å². The molecule has 13 heavy (non-hydrogen) atoms. The van der Waals surface area contributed by atoms with Crippen molar-refractivity contribution in [1.82, 2.24) is 4.90 Å². The Morgan fingerprint density at radius 1 is 1.54 bits per heavy atom. The van der Waals surface area contributed by atoms with E-state index in [0.717, 1.165) is 6.54 Å². The molecule has 0 aromatic heterocycles. The number of nitrogens with two attached hydrogens (primary N) is 1. The largest absolute Gasteiger partial charge is 0.348 e. The third-order valence-electron chi connectivity index (χ3n) is 1.82. The molecule has 0 amide bonds. The molecule has 0 bridgehead atoms. The van der Waals surface area contributed by atoms with Gasteiger partial charge in [0.2, 0.25) is 0 Å². The lowest BCUT2D eigenvalue weighted by atomic mass is 10.2. The topological polar surface area (TPSA) is 38.5 Å². The Balaban J connectivity index is 3.45. The minimum absolute atomic E-state index is 0.318. The number of halogens is 1. The molecule has 80 valence electrons. The smallest absolute Gasteiger partial charge is 0.198 e. The highest BCUT2D eigenvalue weighted by molar-refractivity contribution is 4.56. The van der Waals surface area contributed by atoms with Crippen molar-refractivity contribution in [3.05, 3.63) is 0 Å². The molecule has 2 N–H and O–H groups in total. The summed E-state index contributed by atoms with van der Waals surface area (Å²) in [6, 6.07) is 0. The summed E-state index contributed by atoms with van der Waals surface area (Å²) in [5, 5.41) is 0. The van der Waals surface area contributed by atoms with Gasteiger partial charge < -0.3 is 10.5 Å². The molecule has 2 atom stereocenters. The lowest BCUT2D eigenvalue weighted by molar-refractivity contribution is -0.0553. The third kappa shape index (κ3) is 6.93. The van der Waals surface area contributed by atoms with Crippen molar-refractivity contribution in [3.63, 3.8) is 0 Å². The van der Waals surface area contributed by atoms with Crippen LogP contribution in [0.5, 0.6) is 0 Å². The highest BCUT2D eigenvalue weighted by atomic mass is 19.1. The highest BCUT2D eigenvalue weighted by Crippen LogP contribution is 2.04. The molecule has 0 spiro atoms. The summed E-state index contributed by atoms with van der Waals surface area (Å²) < 4.78 is 17.6. The number of nitrogens with zero attached hydrogens (tertiary/aromatic N) is 1. The van der Waals surface area contributed by atoms with Crippen LogP contribution in [0.25, 0.3) is 0 Å². The van der Waals surface area contributed by atoms with Crippen LogP contribution in [0, 0.1) is 5.92 Å². The molecular formula is C9H21FN2O. The van der Waals surface area contributed by atoms with E-state index in [1.165, 1.54) is 0 Å². The van der Waals surface area contributed by atoms with Crippen LogP contribution in [0.15, 0.2) is 0 Å². The zero-order valence-corrected chi connectivity index (χ0v) is 8.79. The zero-order valence-electron chi connectivity index (χ0n) is 8.79. The summed E-state index contributed by atoms with van der Waals surface area (Å²) in [6.07, 6.45) is -0.704. The van der Waals surface area contributed by atoms with Crippen molar-refractivity contribution in [2.75, 3.05) is 26.9 Å². The Kier molecular flexibility index (Phi) is 7.13. The number of alkyl halides is 1. The molecule has 0 heterocycles. The van der Waals surface area contributed by atoms with Gasteiger partial charge in [0, 0.05) is 19.6 Å². The molecule has 0 aromatic carbocycles. The van der Waals surface area contributed by atoms with Crippen molar-refractivity contribution >= 4 is 0 Å². The molecule has 4 heteroatoms. The first-order valence-corrected chi connectivity index (χ1v) is 4.74. The third-order valence-corrected chi connectivity index (χ3v) is 1.82. The molecule has 0 aliphatic carbocycles. The molecule has 0 aromatic rings. The Morgan fingerprint density at radius 2 is 2.15 bits per heavy atom. The first-order valence-electron chi connectivity index (χ1n) is 4.74. The minimum Gasteiger partial charge on any atom is -0.348 e. The summed E-state index contributed by atoms with van der Waals surface area (Å²) >= 11 is 0. The average molecular weight is 192 g/mol. The van der Waals surface area contributed by atoms with Crippen LogP contribution in [-0.4, -0.2) is 38.1 Å². The second-order valence-electron chi connectivity index (χ2n) is 3.48. The molecule has 2 unspecified atom stereocenters. The van der Waals surface area contributed by atoms with Gasteiger partial charge in [0.15, 0.2) is 6.36 Å². The maximum atomic E-state index is 12.7. The number of rotatable bonds is 7. The predicted molar refractivity (Wildman–Crippen MR) is 52.0 cm³/mol. The van der Waals surface area contributed by atoms with Gasteiger partial charge in [-0.25, -0.2) is 4.39 Å². The van der Waals surface area contributed by atoms with Crippen molar-refractivity contribution < 1.29 is 9.13 Å². The molecule has 0 radical (unpaired) electrons. The quantitative estimate of drug-likeness (QED) is 0.616. The van der Waals surface area contributed by atoms with Gasteiger partial charge in [0.25, 0.3) is 0 Å². The standard InChI is InChI=1S/C9H21FN2O/c1-4-9(10)13-6-8(2)5-12(3)7-11/h8-9H,4-7,11H2,1-3H3. The summed E-state index contributed by atoms with van der Waals surface area (Å²) in [5.41, 5.74) is 5.41. The Morgan fingerprint density at radius 3 is 2.62 bits per heavy atom. The second kappa shape index (κ2) is 7.24. The van der Waals surface area contributed by atoms with Gasteiger partial charge in [0.05, 0.1) is 6.61 Å². The predicted octanol–water partition coefficient (Wildman–Crippen LogP) is 1.19. The fraction of sp³-hybridized carbons (Fsp3) is 1.00. The average Bonchev–Trinajstić information content (AvgIpc) is 2.13. The summed E-state index contributed by atoms with van der Waals surface area (Å²) in [5.74, 6) is 0.318.